The number of amides is 1. The van der Waals surface area contributed by atoms with Gasteiger partial charge in [-0.05, 0) is 25.5 Å². The third kappa shape index (κ3) is 3.58. The molecule has 4 heteroatoms. The van der Waals surface area contributed by atoms with Crippen LogP contribution in [0.3, 0.4) is 0 Å². The number of pyridine rings is 1. The summed E-state index contributed by atoms with van der Waals surface area (Å²) in [4.78, 5) is 15.6. The van der Waals surface area contributed by atoms with Gasteiger partial charge in [-0.25, -0.2) is 4.98 Å². The van der Waals surface area contributed by atoms with Crippen molar-refractivity contribution in [1.82, 2.24) is 10.3 Å². The summed E-state index contributed by atoms with van der Waals surface area (Å²) in [6.07, 6.45) is 2.06. The molecule has 82 valence electrons. The molecule has 0 radical (unpaired) electrons. The minimum atomic E-state index is -0.0827. The molecule has 1 amide bonds. The normalized spacial score (nSPS) is 10.0. The Kier molecular flexibility index (Phi) is 4.09. The molecule has 0 atom stereocenters. The highest BCUT2D eigenvalue weighted by Crippen LogP contribution is 2.06. The zero-order chi connectivity index (χ0) is 11.3. The smallest absolute Gasteiger partial charge is 0.251 e. The molecular formula is C11H17N3O. The molecule has 15 heavy (non-hydrogen) atoms. The van der Waals surface area contributed by atoms with Crippen LogP contribution in [0.25, 0.3) is 0 Å². The van der Waals surface area contributed by atoms with Gasteiger partial charge in [-0.15, -0.1) is 0 Å². The molecule has 0 fully saturated rings. The standard InChI is InChI=1S/C11H17N3O/c1-3-4-5-13-11(15)9-6-8(2)14-10(12)7-9/h6-7H,3-5H2,1-2H3,(H2,12,14)(H,13,15). The number of nitrogens with one attached hydrogen (secondary N) is 1. The fourth-order valence-corrected chi connectivity index (χ4v) is 1.31. The van der Waals surface area contributed by atoms with Crippen molar-refractivity contribution in [2.75, 3.05) is 12.3 Å². The number of aromatic nitrogens is 1. The zero-order valence-electron chi connectivity index (χ0n) is 9.21. The largest absolute Gasteiger partial charge is 0.384 e. The third-order valence-corrected chi connectivity index (χ3v) is 2.05. The lowest BCUT2D eigenvalue weighted by Crippen LogP contribution is -2.24. The second-order valence-electron chi connectivity index (χ2n) is 3.53. The molecule has 0 aliphatic carbocycles. The van der Waals surface area contributed by atoms with Crippen molar-refractivity contribution in [3.8, 4) is 0 Å². The maximum absolute atomic E-state index is 11.6. The average molecular weight is 207 g/mol. The monoisotopic (exact) mass is 207 g/mol. The van der Waals surface area contributed by atoms with Crippen LogP contribution in [-0.2, 0) is 0 Å². The van der Waals surface area contributed by atoms with Crippen LogP contribution >= 0.6 is 0 Å². The molecule has 3 N–H and O–H groups in total. The summed E-state index contributed by atoms with van der Waals surface area (Å²) in [5.41, 5.74) is 6.90. The SMILES string of the molecule is CCCCNC(=O)c1cc(C)nc(N)c1. The maximum Gasteiger partial charge on any atom is 0.251 e. The Morgan fingerprint density at radius 1 is 1.53 bits per heavy atom. The van der Waals surface area contributed by atoms with E-state index in [1.807, 2.05) is 6.92 Å². The molecular weight excluding hydrogens is 190 g/mol. The van der Waals surface area contributed by atoms with Crippen LogP contribution < -0.4 is 11.1 Å². The van der Waals surface area contributed by atoms with Gasteiger partial charge in [0.2, 0.25) is 0 Å². The molecule has 1 heterocycles. The van der Waals surface area contributed by atoms with Crippen LogP contribution in [0, 0.1) is 6.92 Å². The van der Waals surface area contributed by atoms with E-state index >= 15 is 0 Å². The van der Waals surface area contributed by atoms with Crippen molar-refractivity contribution in [3.05, 3.63) is 23.4 Å². The number of hydrogen-bond donors (Lipinski definition) is 2. The second-order valence-corrected chi connectivity index (χ2v) is 3.53. The average Bonchev–Trinajstić information content (AvgIpc) is 2.16. The summed E-state index contributed by atoms with van der Waals surface area (Å²) in [7, 11) is 0. The number of rotatable bonds is 4. The van der Waals surface area contributed by atoms with Gasteiger partial charge in [0.05, 0.1) is 0 Å². The van der Waals surface area contributed by atoms with Gasteiger partial charge in [-0.2, -0.15) is 0 Å². The van der Waals surface area contributed by atoms with Gasteiger partial charge < -0.3 is 11.1 Å². The van der Waals surface area contributed by atoms with Gasteiger partial charge in [0.1, 0.15) is 5.82 Å². The van der Waals surface area contributed by atoms with Crippen molar-refractivity contribution in [1.29, 1.82) is 0 Å². The number of nitrogens with zero attached hydrogens (tertiary/aromatic N) is 1. The summed E-state index contributed by atoms with van der Waals surface area (Å²) in [6, 6.07) is 3.33. The second kappa shape index (κ2) is 5.34. The van der Waals surface area contributed by atoms with E-state index in [1.165, 1.54) is 0 Å². The van der Waals surface area contributed by atoms with Crippen LogP contribution in [-0.4, -0.2) is 17.4 Å². The lowest BCUT2D eigenvalue weighted by Gasteiger charge is -2.05. The van der Waals surface area contributed by atoms with E-state index < -0.39 is 0 Å². The molecule has 0 bridgehead atoms. The molecule has 0 spiro atoms. The number of unbranched alkanes of at least 4 members (excludes halogenated alkanes) is 1. The highest BCUT2D eigenvalue weighted by molar-refractivity contribution is 5.94. The fraction of sp³-hybridized carbons (Fsp3) is 0.455. The van der Waals surface area contributed by atoms with Gasteiger partial charge in [0, 0.05) is 17.8 Å². The fourth-order valence-electron chi connectivity index (χ4n) is 1.31. The quantitative estimate of drug-likeness (QED) is 0.735. The van der Waals surface area contributed by atoms with E-state index in [0.717, 1.165) is 18.5 Å². The molecule has 0 saturated heterocycles. The first-order valence-electron chi connectivity index (χ1n) is 5.16. The Morgan fingerprint density at radius 2 is 2.27 bits per heavy atom. The van der Waals surface area contributed by atoms with Gasteiger partial charge in [-0.3, -0.25) is 4.79 Å². The zero-order valence-corrected chi connectivity index (χ0v) is 9.21. The highest BCUT2D eigenvalue weighted by Gasteiger charge is 2.06. The van der Waals surface area contributed by atoms with Crippen LogP contribution in [0.5, 0.6) is 0 Å². The minimum Gasteiger partial charge on any atom is -0.384 e. The summed E-state index contributed by atoms with van der Waals surface area (Å²) < 4.78 is 0. The number of nitrogen functional groups attached to an aromatic ring is 1. The maximum atomic E-state index is 11.6. The number of hydrogen-bond acceptors (Lipinski definition) is 3. The van der Waals surface area contributed by atoms with E-state index in [-0.39, 0.29) is 5.91 Å². The Labute approximate surface area is 89.9 Å². The molecule has 1 aromatic heterocycles. The van der Waals surface area contributed by atoms with Crippen molar-refractivity contribution in [3.63, 3.8) is 0 Å². The van der Waals surface area contributed by atoms with Crippen LogP contribution in [0.15, 0.2) is 12.1 Å². The first-order valence-corrected chi connectivity index (χ1v) is 5.16. The molecule has 0 saturated carbocycles. The molecule has 0 aliphatic heterocycles. The Bertz CT molecular complexity index is 329. The van der Waals surface area contributed by atoms with Crippen LogP contribution in [0.4, 0.5) is 5.82 Å². The molecule has 4 nitrogen and oxygen atoms in total. The van der Waals surface area contributed by atoms with Gasteiger partial charge >= 0.3 is 0 Å². The number of anilines is 1. The minimum absolute atomic E-state index is 0.0827. The van der Waals surface area contributed by atoms with Crippen molar-refractivity contribution < 1.29 is 4.79 Å². The van der Waals surface area contributed by atoms with E-state index in [2.05, 4.69) is 17.2 Å². The first-order chi connectivity index (χ1) is 7.13. The Balaban J connectivity index is 2.65. The van der Waals surface area contributed by atoms with Crippen molar-refractivity contribution in [2.45, 2.75) is 26.7 Å². The third-order valence-electron chi connectivity index (χ3n) is 2.05. The van der Waals surface area contributed by atoms with E-state index in [4.69, 9.17) is 5.73 Å². The van der Waals surface area contributed by atoms with Gasteiger partial charge in [0.25, 0.3) is 5.91 Å². The van der Waals surface area contributed by atoms with Crippen LogP contribution in [0.2, 0.25) is 0 Å². The lowest BCUT2D eigenvalue weighted by atomic mass is 10.2. The van der Waals surface area contributed by atoms with E-state index in [1.54, 1.807) is 12.1 Å². The summed E-state index contributed by atoms with van der Waals surface area (Å²) in [5.74, 6) is 0.302. The predicted octanol–water partition coefficient (Wildman–Crippen LogP) is 1.50. The predicted molar refractivity (Wildman–Crippen MR) is 60.6 cm³/mol. The topological polar surface area (TPSA) is 68.0 Å². The molecule has 1 aromatic rings. The molecule has 1 rings (SSSR count). The van der Waals surface area contributed by atoms with Gasteiger partial charge in [-0.1, -0.05) is 13.3 Å². The highest BCUT2D eigenvalue weighted by atomic mass is 16.1. The Hall–Kier alpha value is -1.58. The number of carbonyl (C=O) groups excluding carboxylic acids is 1. The number of aryl methyl sites for hydroxylation is 1. The lowest BCUT2D eigenvalue weighted by molar-refractivity contribution is 0.0953. The summed E-state index contributed by atoms with van der Waals surface area (Å²) in [6.45, 7) is 4.61. The van der Waals surface area contributed by atoms with Crippen molar-refractivity contribution in [2.24, 2.45) is 0 Å². The Morgan fingerprint density at radius 3 is 2.87 bits per heavy atom. The molecule has 0 aromatic carbocycles. The number of nitrogens with two attached hydrogens (primary N) is 1. The molecule has 0 aliphatic rings. The summed E-state index contributed by atoms with van der Waals surface area (Å²) in [5, 5.41) is 2.83. The van der Waals surface area contributed by atoms with Gasteiger partial charge in [0.15, 0.2) is 0 Å². The number of carbonyl (C=O) groups is 1. The first kappa shape index (κ1) is 11.5. The van der Waals surface area contributed by atoms with E-state index in [9.17, 15) is 4.79 Å². The molecule has 0 unspecified atom stereocenters. The van der Waals surface area contributed by atoms with E-state index in [0.29, 0.717) is 17.9 Å². The summed E-state index contributed by atoms with van der Waals surface area (Å²) >= 11 is 0. The van der Waals surface area contributed by atoms with Crippen LogP contribution in [0.1, 0.15) is 35.8 Å². The van der Waals surface area contributed by atoms with Crippen molar-refractivity contribution >= 4 is 11.7 Å².